The molecule has 1 aliphatic rings. The van der Waals surface area contributed by atoms with E-state index in [-0.39, 0.29) is 11.7 Å². The zero-order chi connectivity index (χ0) is 16.5. The Bertz CT molecular complexity index is 905. The van der Waals surface area contributed by atoms with Crippen molar-refractivity contribution < 1.29 is 0 Å². The van der Waals surface area contributed by atoms with E-state index in [4.69, 9.17) is 0 Å². The molecule has 0 unspecified atom stereocenters. The van der Waals surface area contributed by atoms with Crippen LogP contribution in [0.1, 0.15) is 30.4 Å². The van der Waals surface area contributed by atoms with Crippen LogP contribution in [0.5, 0.6) is 0 Å². The van der Waals surface area contributed by atoms with Crippen LogP contribution in [0.2, 0.25) is 0 Å². The van der Waals surface area contributed by atoms with Crippen molar-refractivity contribution in [3.63, 3.8) is 0 Å². The summed E-state index contributed by atoms with van der Waals surface area (Å²) >= 11 is 0. The number of aryl methyl sites for hydroxylation is 1. The molecule has 0 bridgehead atoms. The molecule has 0 atom stereocenters. The standard InChI is InChI=1S/C18H21N5O/c1-13-6-9-19-17(20-13)12-22-10-7-14(8-11-22)23-16-5-3-2-4-15(16)21-18(23)24/h2-6,9,14H,7-8,10-12H2,1H3,(H,21,24). The van der Waals surface area contributed by atoms with Crippen molar-refractivity contribution >= 4 is 11.0 Å². The number of rotatable bonds is 3. The third-order valence-corrected chi connectivity index (χ3v) is 4.76. The van der Waals surface area contributed by atoms with Crippen LogP contribution in [0.3, 0.4) is 0 Å². The molecule has 0 aliphatic carbocycles. The molecule has 1 saturated heterocycles. The summed E-state index contributed by atoms with van der Waals surface area (Å²) in [5.41, 5.74) is 2.91. The van der Waals surface area contributed by atoms with Gasteiger partial charge in [-0.3, -0.25) is 9.47 Å². The molecule has 0 saturated carbocycles. The number of nitrogens with one attached hydrogen (secondary N) is 1. The van der Waals surface area contributed by atoms with Gasteiger partial charge in [-0.2, -0.15) is 0 Å². The highest BCUT2D eigenvalue weighted by Crippen LogP contribution is 2.25. The number of aromatic nitrogens is 4. The Morgan fingerprint density at radius 2 is 2.00 bits per heavy atom. The Morgan fingerprint density at radius 1 is 1.21 bits per heavy atom. The van der Waals surface area contributed by atoms with Crippen molar-refractivity contribution in [2.75, 3.05) is 13.1 Å². The predicted octanol–water partition coefficient (Wildman–Crippen LogP) is 2.27. The van der Waals surface area contributed by atoms with Crippen LogP contribution in [0.25, 0.3) is 11.0 Å². The van der Waals surface area contributed by atoms with Gasteiger partial charge in [-0.05, 0) is 38.0 Å². The lowest BCUT2D eigenvalue weighted by molar-refractivity contribution is 0.176. The molecule has 1 fully saturated rings. The zero-order valence-corrected chi connectivity index (χ0v) is 13.8. The summed E-state index contributed by atoms with van der Waals surface area (Å²) in [6, 6.07) is 10.1. The van der Waals surface area contributed by atoms with Crippen molar-refractivity contribution in [1.82, 2.24) is 24.4 Å². The molecule has 3 heterocycles. The topological polar surface area (TPSA) is 66.8 Å². The summed E-state index contributed by atoms with van der Waals surface area (Å²) in [6.45, 7) is 4.67. The molecule has 0 spiro atoms. The summed E-state index contributed by atoms with van der Waals surface area (Å²) in [4.78, 5) is 26.5. The molecule has 2 aromatic heterocycles. The van der Waals surface area contributed by atoms with Gasteiger partial charge in [-0.15, -0.1) is 0 Å². The van der Waals surface area contributed by atoms with Crippen LogP contribution < -0.4 is 5.69 Å². The Labute approximate surface area is 140 Å². The Hall–Kier alpha value is -2.47. The largest absolute Gasteiger partial charge is 0.326 e. The average Bonchev–Trinajstić information content (AvgIpc) is 2.91. The minimum atomic E-state index is -0.00309. The fraction of sp³-hybridized carbons (Fsp3) is 0.389. The summed E-state index contributed by atoms with van der Waals surface area (Å²) in [5, 5.41) is 0. The summed E-state index contributed by atoms with van der Waals surface area (Å²) < 4.78 is 1.93. The van der Waals surface area contributed by atoms with E-state index in [2.05, 4.69) is 19.9 Å². The van der Waals surface area contributed by atoms with Crippen LogP contribution >= 0.6 is 0 Å². The van der Waals surface area contributed by atoms with E-state index < -0.39 is 0 Å². The van der Waals surface area contributed by atoms with E-state index in [1.807, 2.05) is 48.0 Å². The van der Waals surface area contributed by atoms with Gasteiger partial charge in [0.15, 0.2) is 0 Å². The molecule has 1 N–H and O–H groups in total. The van der Waals surface area contributed by atoms with Crippen LogP contribution in [-0.2, 0) is 6.54 Å². The molecule has 124 valence electrons. The highest BCUT2D eigenvalue weighted by atomic mass is 16.1. The summed E-state index contributed by atoms with van der Waals surface area (Å²) in [6.07, 6.45) is 3.75. The number of hydrogen-bond acceptors (Lipinski definition) is 4. The van der Waals surface area contributed by atoms with Gasteiger partial charge in [-0.1, -0.05) is 12.1 Å². The zero-order valence-electron chi connectivity index (χ0n) is 13.8. The second-order valence-corrected chi connectivity index (χ2v) is 6.44. The highest BCUT2D eigenvalue weighted by Gasteiger charge is 2.23. The van der Waals surface area contributed by atoms with Crippen molar-refractivity contribution in [1.29, 1.82) is 0 Å². The Balaban J connectivity index is 1.48. The molecule has 3 aromatic rings. The molecule has 0 amide bonds. The summed E-state index contributed by atoms with van der Waals surface area (Å²) in [5.74, 6) is 0.873. The van der Waals surface area contributed by atoms with Crippen LogP contribution in [0, 0.1) is 6.92 Å². The second kappa shape index (κ2) is 6.20. The number of para-hydroxylation sites is 2. The van der Waals surface area contributed by atoms with Gasteiger partial charge in [0.1, 0.15) is 5.82 Å². The van der Waals surface area contributed by atoms with Gasteiger partial charge >= 0.3 is 5.69 Å². The lowest BCUT2D eigenvalue weighted by Crippen LogP contribution is -2.37. The molecule has 0 radical (unpaired) electrons. The second-order valence-electron chi connectivity index (χ2n) is 6.44. The fourth-order valence-electron chi connectivity index (χ4n) is 3.55. The number of hydrogen-bond donors (Lipinski definition) is 1. The predicted molar refractivity (Wildman–Crippen MR) is 92.9 cm³/mol. The van der Waals surface area contributed by atoms with E-state index in [9.17, 15) is 4.79 Å². The quantitative estimate of drug-likeness (QED) is 0.803. The number of imidazole rings is 1. The lowest BCUT2D eigenvalue weighted by Gasteiger charge is -2.32. The molecular formula is C18H21N5O. The number of benzene rings is 1. The Kier molecular flexibility index (Phi) is 3.90. The van der Waals surface area contributed by atoms with Crippen molar-refractivity contribution in [3.05, 3.63) is 58.5 Å². The first-order valence-corrected chi connectivity index (χ1v) is 8.41. The third kappa shape index (κ3) is 2.85. The van der Waals surface area contributed by atoms with Gasteiger partial charge in [0, 0.05) is 31.0 Å². The number of nitrogens with zero attached hydrogens (tertiary/aromatic N) is 4. The van der Waals surface area contributed by atoms with Crippen LogP contribution in [-0.4, -0.2) is 37.5 Å². The maximum absolute atomic E-state index is 12.3. The minimum absolute atomic E-state index is 0.00309. The van der Waals surface area contributed by atoms with Gasteiger partial charge in [0.05, 0.1) is 17.6 Å². The van der Waals surface area contributed by atoms with E-state index in [1.165, 1.54) is 0 Å². The summed E-state index contributed by atoms with van der Waals surface area (Å²) in [7, 11) is 0. The minimum Gasteiger partial charge on any atom is -0.306 e. The molecule has 6 nitrogen and oxygen atoms in total. The molecule has 24 heavy (non-hydrogen) atoms. The first-order chi connectivity index (χ1) is 11.7. The molecular weight excluding hydrogens is 302 g/mol. The number of H-pyrrole nitrogens is 1. The van der Waals surface area contributed by atoms with E-state index in [0.29, 0.717) is 0 Å². The Morgan fingerprint density at radius 3 is 2.79 bits per heavy atom. The van der Waals surface area contributed by atoms with Crippen molar-refractivity contribution in [2.24, 2.45) is 0 Å². The van der Waals surface area contributed by atoms with E-state index in [1.54, 1.807) is 0 Å². The smallest absolute Gasteiger partial charge is 0.306 e. The number of fused-ring (bicyclic) bond motifs is 1. The van der Waals surface area contributed by atoms with E-state index >= 15 is 0 Å². The average molecular weight is 323 g/mol. The normalized spacial score (nSPS) is 16.7. The van der Waals surface area contributed by atoms with Gasteiger partial charge < -0.3 is 4.98 Å². The highest BCUT2D eigenvalue weighted by molar-refractivity contribution is 5.75. The SMILES string of the molecule is Cc1ccnc(CN2CCC(n3c(=O)[nH]c4ccccc43)CC2)n1. The molecule has 1 aliphatic heterocycles. The maximum atomic E-state index is 12.3. The van der Waals surface area contributed by atoms with Crippen LogP contribution in [0.15, 0.2) is 41.3 Å². The number of likely N-dealkylation sites (tertiary alicyclic amines) is 1. The van der Waals surface area contributed by atoms with Crippen molar-refractivity contribution in [3.8, 4) is 0 Å². The molecule has 1 aromatic carbocycles. The third-order valence-electron chi connectivity index (χ3n) is 4.76. The molecule has 6 heteroatoms. The van der Waals surface area contributed by atoms with Crippen molar-refractivity contribution in [2.45, 2.75) is 32.4 Å². The fourth-order valence-corrected chi connectivity index (χ4v) is 3.55. The number of piperidine rings is 1. The lowest BCUT2D eigenvalue weighted by atomic mass is 10.0. The van der Waals surface area contributed by atoms with Crippen LogP contribution in [0.4, 0.5) is 0 Å². The van der Waals surface area contributed by atoms with Gasteiger partial charge in [0.25, 0.3) is 0 Å². The maximum Gasteiger partial charge on any atom is 0.326 e. The van der Waals surface area contributed by atoms with Gasteiger partial charge in [-0.25, -0.2) is 14.8 Å². The monoisotopic (exact) mass is 323 g/mol. The van der Waals surface area contributed by atoms with E-state index in [0.717, 1.165) is 55.0 Å². The first-order valence-electron chi connectivity index (χ1n) is 8.41. The number of aromatic amines is 1. The van der Waals surface area contributed by atoms with Gasteiger partial charge in [0.2, 0.25) is 0 Å². The molecule has 4 rings (SSSR count). The first kappa shape index (κ1) is 15.1.